The fourth-order valence-electron chi connectivity index (χ4n) is 2.86. The number of nitrogens with zero attached hydrogens (tertiary/aromatic N) is 1. The van der Waals surface area contributed by atoms with E-state index in [-0.39, 0.29) is 18.6 Å². The van der Waals surface area contributed by atoms with Crippen LogP contribution >= 0.6 is 0 Å². The van der Waals surface area contributed by atoms with Crippen molar-refractivity contribution >= 4 is 11.6 Å². The summed E-state index contributed by atoms with van der Waals surface area (Å²) < 4.78 is 22.2. The molecule has 3 atom stereocenters. The first-order valence-corrected chi connectivity index (χ1v) is 8.05. The fraction of sp³-hybridized carbons (Fsp3) is 0.500. The molecule has 0 saturated heterocycles. The van der Waals surface area contributed by atoms with Gasteiger partial charge in [0.05, 0.1) is 31.0 Å². The molecule has 2 heterocycles. The van der Waals surface area contributed by atoms with Gasteiger partial charge in [-0.1, -0.05) is 6.07 Å². The van der Waals surface area contributed by atoms with Gasteiger partial charge in [-0.25, -0.2) is 4.99 Å². The summed E-state index contributed by atoms with van der Waals surface area (Å²) in [6.45, 7) is 2.96. The Morgan fingerprint density at radius 2 is 2.08 bits per heavy atom. The van der Waals surface area contributed by atoms with Crippen LogP contribution in [0.2, 0.25) is 0 Å². The number of methoxy groups -OCH3 is 2. The lowest BCUT2D eigenvalue weighted by atomic mass is 9.91. The molecule has 1 aromatic rings. The predicted octanol–water partition coefficient (Wildman–Crippen LogP) is 2.10. The van der Waals surface area contributed by atoms with Gasteiger partial charge in [0.25, 0.3) is 0 Å². The van der Waals surface area contributed by atoms with Crippen molar-refractivity contribution in [2.75, 3.05) is 20.8 Å². The Balaban J connectivity index is 1.94. The van der Waals surface area contributed by atoms with Gasteiger partial charge in [0, 0.05) is 12.7 Å². The van der Waals surface area contributed by atoms with Gasteiger partial charge in [-0.3, -0.25) is 0 Å². The molecule has 0 unspecified atom stereocenters. The molecule has 2 aliphatic rings. The molecule has 0 aliphatic carbocycles. The summed E-state index contributed by atoms with van der Waals surface area (Å²) in [5.41, 5.74) is 0.192. The number of aliphatic hydroxyl groups is 2. The van der Waals surface area contributed by atoms with Crippen molar-refractivity contribution in [3.05, 3.63) is 30.0 Å². The summed E-state index contributed by atoms with van der Waals surface area (Å²) in [6.07, 6.45) is 2.24. The molecule has 1 aromatic carbocycles. The molecule has 3 rings (SSSR count). The number of aliphatic hydroxyl groups excluding tert-OH is 1. The minimum atomic E-state index is -1.26. The van der Waals surface area contributed by atoms with Crippen LogP contribution in [0, 0.1) is 5.92 Å². The largest absolute Gasteiger partial charge is 0.491 e. The number of hydrogen-bond acceptors (Lipinski definition) is 7. The standard InChI is InChI=1S/C18H23NO6/c1-18(2,21)13(20)9-25-12-6-5-10-14(16(12)23-4)19-17-11(7-8-24-17)15(10)22-3/h5-8,11,13,15,20-21H,9H2,1-4H3/t11-,13-,15-/m1/s1. The maximum Gasteiger partial charge on any atom is 0.204 e. The van der Waals surface area contributed by atoms with Crippen LogP contribution in [0.15, 0.2) is 29.5 Å². The van der Waals surface area contributed by atoms with Crippen LogP contribution in [0.3, 0.4) is 0 Å². The number of rotatable bonds is 6. The third-order valence-corrected chi connectivity index (χ3v) is 4.41. The maximum atomic E-state index is 9.96. The van der Waals surface area contributed by atoms with Crippen LogP contribution in [-0.4, -0.2) is 48.6 Å². The van der Waals surface area contributed by atoms with Gasteiger partial charge in [0.1, 0.15) is 18.4 Å². The third kappa shape index (κ3) is 3.22. The van der Waals surface area contributed by atoms with Crippen molar-refractivity contribution < 1.29 is 29.2 Å². The lowest BCUT2D eigenvalue weighted by molar-refractivity contribution is -0.0663. The second-order valence-electron chi connectivity index (χ2n) is 6.59. The number of aliphatic imine (C=N–C) groups is 1. The van der Waals surface area contributed by atoms with Gasteiger partial charge in [0.2, 0.25) is 5.90 Å². The zero-order valence-corrected chi connectivity index (χ0v) is 14.7. The van der Waals surface area contributed by atoms with Crippen molar-refractivity contribution in [1.82, 2.24) is 0 Å². The summed E-state index contributed by atoms with van der Waals surface area (Å²) in [5.74, 6) is 1.34. The topological polar surface area (TPSA) is 89.7 Å². The molecule has 0 saturated carbocycles. The number of fused-ring (bicyclic) bond motifs is 2. The van der Waals surface area contributed by atoms with Crippen LogP contribution in [0.5, 0.6) is 11.5 Å². The highest BCUT2D eigenvalue weighted by atomic mass is 16.5. The third-order valence-electron chi connectivity index (χ3n) is 4.41. The van der Waals surface area contributed by atoms with Crippen LogP contribution in [0.25, 0.3) is 0 Å². The maximum absolute atomic E-state index is 9.96. The average Bonchev–Trinajstić information content (AvgIpc) is 3.04. The Labute approximate surface area is 146 Å². The summed E-state index contributed by atoms with van der Waals surface area (Å²) in [7, 11) is 3.16. The quantitative estimate of drug-likeness (QED) is 0.817. The highest BCUT2D eigenvalue weighted by Crippen LogP contribution is 2.49. The number of benzene rings is 1. The Morgan fingerprint density at radius 1 is 1.32 bits per heavy atom. The first-order chi connectivity index (χ1) is 11.9. The summed E-state index contributed by atoms with van der Waals surface area (Å²) in [4.78, 5) is 4.55. The first kappa shape index (κ1) is 17.7. The van der Waals surface area contributed by atoms with E-state index < -0.39 is 11.7 Å². The van der Waals surface area contributed by atoms with Crippen molar-refractivity contribution in [3.8, 4) is 11.5 Å². The van der Waals surface area contributed by atoms with E-state index in [1.165, 1.54) is 21.0 Å². The van der Waals surface area contributed by atoms with Gasteiger partial charge in [-0.05, 0) is 26.0 Å². The molecule has 0 spiro atoms. The van der Waals surface area contributed by atoms with E-state index in [1.54, 1.807) is 19.4 Å². The van der Waals surface area contributed by atoms with Crippen LogP contribution in [0.4, 0.5) is 5.69 Å². The fourth-order valence-corrected chi connectivity index (χ4v) is 2.86. The van der Waals surface area contributed by atoms with E-state index in [2.05, 4.69) is 4.99 Å². The van der Waals surface area contributed by atoms with Crippen LogP contribution in [0.1, 0.15) is 25.5 Å². The molecular weight excluding hydrogens is 326 g/mol. The molecule has 2 N–H and O–H groups in total. The molecule has 7 nitrogen and oxygen atoms in total. The van der Waals surface area contributed by atoms with Gasteiger partial charge in [0.15, 0.2) is 11.5 Å². The molecule has 7 heteroatoms. The number of hydrogen-bond donors (Lipinski definition) is 2. The molecular formula is C18H23NO6. The molecule has 0 bridgehead atoms. The lowest BCUT2D eigenvalue weighted by Gasteiger charge is -2.28. The molecule has 0 aromatic heterocycles. The van der Waals surface area contributed by atoms with Crippen molar-refractivity contribution in [1.29, 1.82) is 0 Å². The van der Waals surface area contributed by atoms with E-state index in [0.29, 0.717) is 23.1 Å². The zero-order valence-electron chi connectivity index (χ0n) is 14.7. The van der Waals surface area contributed by atoms with E-state index in [4.69, 9.17) is 18.9 Å². The van der Waals surface area contributed by atoms with Crippen molar-refractivity contribution in [2.45, 2.75) is 31.7 Å². The van der Waals surface area contributed by atoms with Crippen LogP contribution in [-0.2, 0) is 9.47 Å². The van der Waals surface area contributed by atoms with E-state index in [1.807, 2.05) is 12.1 Å². The lowest BCUT2D eigenvalue weighted by Crippen LogP contribution is -2.40. The van der Waals surface area contributed by atoms with E-state index in [0.717, 1.165) is 5.56 Å². The smallest absolute Gasteiger partial charge is 0.204 e. The Morgan fingerprint density at radius 3 is 2.72 bits per heavy atom. The van der Waals surface area contributed by atoms with Gasteiger partial charge in [-0.2, -0.15) is 0 Å². The summed E-state index contributed by atoms with van der Waals surface area (Å²) >= 11 is 0. The van der Waals surface area contributed by atoms with Gasteiger partial charge in [-0.15, -0.1) is 0 Å². The molecule has 0 radical (unpaired) electrons. The van der Waals surface area contributed by atoms with Crippen molar-refractivity contribution in [2.24, 2.45) is 10.9 Å². The zero-order chi connectivity index (χ0) is 18.2. The van der Waals surface area contributed by atoms with E-state index in [9.17, 15) is 10.2 Å². The minimum Gasteiger partial charge on any atom is -0.491 e. The van der Waals surface area contributed by atoms with Crippen molar-refractivity contribution in [3.63, 3.8) is 0 Å². The molecule has 136 valence electrons. The molecule has 0 amide bonds. The Hall–Kier alpha value is -2.09. The highest BCUT2D eigenvalue weighted by molar-refractivity contribution is 5.90. The summed E-state index contributed by atoms with van der Waals surface area (Å²) in [6, 6.07) is 3.62. The highest BCUT2D eigenvalue weighted by Gasteiger charge is 2.37. The Kier molecular flexibility index (Phi) is 4.73. The van der Waals surface area contributed by atoms with Gasteiger partial charge >= 0.3 is 0 Å². The average molecular weight is 349 g/mol. The Bertz CT molecular complexity index is 706. The normalized spacial score (nSPS) is 22.6. The van der Waals surface area contributed by atoms with Gasteiger partial charge < -0.3 is 29.2 Å². The number of ether oxygens (including phenoxy) is 4. The second kappa shape index (κ2) is 6.67. The van der Waals surface area contributed by atoms with E-state index >= 15 is 0 Å². The van der Waals surface area contributed by atoms with Crippen LogP contribution < -0.4 is 9.47 Å². The molecule has 2 aliphatic heterocycles. The first-order valence-electron chi connectivity index (χ1n) is 8.05. The minimum absolute atomic E-state index is 0.0639. The predicted molar refractivity (Wildman–Crippen MR) is 91.4 cm³/mol. The second-order valence-corrected chi connectivity index (χ2v) is 6.59. The molecule has 0 fully saturated rings. The SMILES string of the molecule is COc1c(OC[C@@H](O)C(C)(C)O)ccc2c1N=C1OC=C[C@@H]1[C@@H]2OC. The summed E-state index contributed by atoms with van der Waals surface area (Å²) in [5, 5.41) is 19.8. The molecule has 25 heavy (non-hydrogen) atoms. The monoisotopic (exact) mass is 349 g/mol.